The van der Waals surface area contributed by atoms with Gasteiger partial charge in [-0.1, -0.05) is 6.07 Å². The van der Waals surface area contributed by atoms with Crippen molar-refractivity contribution in [2.24, 2.45) is 5.73 Å². The van der Waals surface area contributed by atoms with Crippen molar-refractivity contribution < 1.29 is 22.7 Å². The second-order valence-corrected chi connectivity index (χ2v) is 4.02. The molecule has 0 atom stereocenters. The molecule has 20 heavy (non-hydrogen) atoms. The fraction of sp³-hybridized carbons (Fsp3) is 0.0714. The molecule has 0 heterocycles. The number of hydrogen-bond acceptors (Lipinski definition) is 2. The van der Waals surface area contributed by atoms with E-state index in [1.807, 2.05) is 0 Å². The van der Waals surface area contributed by atoms with Crippen molar-refractivity contribution in [2.45, 2.75) is 6.18 Å². The van der Waals surface area contributed by atoms with E-state index in [9.17, 15) is 18.0 Å². The molecular weight excluding hydrogens is 271 g/mol. The number of halogens is 3. The Morgan fingerprint density at radius 2 is 1.65 bits per heavy atom. The van der Waals surface area contributed by atoms with Gasteiger partial charge in [0.1, 0.15) is 11.5 Å². The molecule has 0 radical (unpaired) electrons. The molecule has 0 fully saturated rings. The van der Waals surface area contributed by atoms with Crippen LogP contribution in [0.4, 0.5) is 13.2 Å². The van der Waals surface area contributed by atoms with Gasteiger partial charge in [-0.25, -0.2) is 0 Å². The zero-order valence-electron chi connectivity index (χ0n) is 10.1. The summed E-state index contributed by atoms with van der Waals surface area (Å²) in [4.78, 5) is 11.0. The van der Waals surface area contributed by atoms with Crippen molar-refractivity contribution in [2.75, 3.05) is 0 Å². The highest BCUT2D eigenvalue weighted by Gasteiger charge is 2.30. The summed E-state index contributed by atoms with van der Waals surface area (Å²) in [7, 11) is 0. The molecule has 0 aliphatic rings. The smallest absolute Gasteiger partial charge is 0.416 e. The van der Waals surface area contributed by atoms with Gasteiger partial charge < -0.3 is 10.5 Å². The van der Waals surface area contributed by atoms with Crippen LogP contribution in [0, 0.1) is 0 Å². The van der Waals surface area contributed by atoms with Gasteiger partial charge in [0.25, 0.3) is 0 Å². The maximum Gasteiger partial charge on any atom is 0.416 e. The van der Waals surface area contributed by atoms with Crippen LogP contribution in [0.1, 0.15) is 15.9 Å². The first-order chi connectivity index (χ1) is 9.36. The van der Waals surface area contributed by atoms with Gasteiger partial charge in [-0.15, -0.1) is 0 Å². The Bertz CT molecular complexity index is 621. The summed E-state index contributed by atoms with van der Waals surface area (Å²) in [5, 5.41) is 0. The van der Waals surface area contributed by atoms with E-state index in [2.05, 4.69) is 0 Å². The van der Waals surface area contributed by atoms with Crippen molar-refractivity contribution in [1.82, 2.24) is 0 Å². The van der Waals surface area contributed by atoms with Gasteiger partial charge in [-0.3, -0.25) is 4.79 Å². The highest BCUT2D eigenvalue weighted by molar-refractivity contribution is 5.93. The van der Waals surface area contributed by atoms with Gasteiger partial charge in [0, 0.05) is 5.56 Å². The third-order valence-corrected chi connectivity index (χ3v) is 2.54. The number of primary amides is 1. The molecule has 2 aromatic rings. The second-order valence-electron chi connectivity index (χ2n) is 4.02. The molecule has 6 heteroatoms. The molecule has 0 unspecified atom stereocenters. The first-order valence-electron chi connectivity index (χ1n) is 5.61. The van der Waals surface area contributed by atoms with Crippen LogP contribution in [-0.4, -0.2) is 5.91 Å². The molecule has 0 saturated carbocycles. The van der Waals surface area contributed by atoms with E-state index >= 15 is 0 Å². The van der Waals surface area contributed by atoms with E-state index in [0.717, 1.165) is 12.1 Å². The molecule has 0 aromatic heterocycles. The topological polar surface area (TPSA) is 52.3 Å². The number of benzene rings is 2. The Labute approximate surface area is 112 Å². The van der Waals surface area contributed by atoms with Crippen LogP contribution in [0.3, 0.4) is 0 Å². The van der Waals surface area contributed by atoms with Crippen LogP contribution in [0.25, 0.3) is 0 Å². The molecular formula is C14H10F3NO2. The minimum absolute atomic E-state index is 0.236. The molecule has 0 spiro atoms. The summed E-state index contributed by atoms with van der Waals surface area (Å²) >= 11 is 0. The van der Waals surface area contributed by atoms with E-state index in [1.165, 1.54) is 24.3 Å². The van der Waals surface area contributed by atoms with Gasteiger partial charge in [-0.05, 0) is 42.5 Å². The summed E-state index contributed by atoms with van der Waals surface area (Å²) < 4.78 is 42.5. The average molecular weight is 281 g/mol. The van der Waals surface area contributed by atoms with Crippen LogP contribution in [0.5, 0.6) is 11.5 Å². The van der Waals surface area contributed by atoms with Gasteiger partial charge in [0.2, 0.25) is 5.91 Å². The Hall–Kier alpha value is -2.50. The Balaban J connectivity index is 2.18. The number of rotatable bonds is 3. The molecule has 3 nitrogen and oxygen atoms in total. The highest BCUT2D eigenvalue weighted by Crippen LogP contribution is 2.31. The number of alkyl halides is 3. The normalized spacial score (nSPS) is 11.2. The zero-order valence-corrected chi connectivity index (χ0v) is 10.1. The zero-order chi connectivity index (χ0) is 14.8. The first kappa shape index (κ1) is 13.9. The van der Waals surface area contributed by atoms with E-state index in [1.54, 1.807) is 12.1 Å². The summed E-state index contributed by atoms with van der Waals surface area (Å²) in [6, 6.07) is 10.3. The lowest BCUT2D eigenvalue weighted by Gasteiger charge is -2.09. The van der Waals surface area contributed by atoms with Crippen LogP contribution >= 0.6 is 0 Å². The molecule has 0 aliphatic carbocycles. The molecule has 104 valence electrons. The number of nitrogens with two attached hydrogens (primary N) is 1. The number of carbonyl (C=O) groups is 1. The number of ether oxygens (including phenoxy) is 1. The largest absolute Gasteiger partial charge is 0.457 e. The predicted octanol–water partition coefficient (Wildman–Crippen LogP) is 3.60. The SMILES string of the molecule is NC(=O)c1cccc(Oc2ccc(C(F)(F)F)cc2)c1. The van der Waals surface area contributed by atoms with Gasteiger partial charge in [0.15, 0.2) is 0 Å². The lowest BCUT2D eigenvalue weighted by atomic mass is 10.2. The molecule has 2 N–H and O–H groups in total. The highest BCUT2D eigenvalue weighted by atomic mass is 19.4. The molecule has 0 aliphatic heterocycles. The Morgan fingerprint density at radius 3 is 2.20 bits per heavy atom. The lowest BCUT2D eigenvalue weighted by molar-refractivity contribution is -0.137. The Morgan fingerprint density at radius 1 is 1.00 bits per heavy atom. The third-order valence-electron chi connectivity index (χ3n) is 2.54. The maximum atomic E-state index is 12.4. The number of carbonyl (C=O) groups excluding carboxylic acids is 1. The van der Waals surface area contributed by atoms with Crippen LogP contribution in [-0.2, 0) is 6.18 Å². The Kier molecular flexibility index (Phi) is 3.65. The van der Waals surface area contributed by atoms with Gasteiger partial charge in [-0.2, -0.15) is 13.2 Å². The van der Waals surface area contributed by atoms with Crippen LogP contribution in [0.2, 0.25) is 0 Å². The summed E-state index contributed by atoms with van der Waals surface area (Å²) in [6.07, 6.45) is -4.38. The van der Waals surface area contributed by atoms with Crippen molar-refractivity contribution in [3.8, 4) is 11.5 Å². The number of amides is 1. The summed E-state index contributed by atoms with van der Waals surface area (Å²) in [5.41, 5.74) is 4.63. The minimum atomic E-state index is -4.38. The van der Waals surface area contributed by atoms with Gasteiger partial charge >= 0.3 is 6.18 Å². The second kappa shape index (κ2) is 5.24. The lowest BCUT2D eigenvalue weighted by Crippen LogP contribution is -2.10. The van der Waals surface area contributed by atoms with Crippen LogP contribution < -0.4 is 10.5 Å². The molecule has 2 aromatic carbocycles. The molecule has 1 amide bonds. The van der Waals surface area contributed by atoms with E-state index in [-0.39, 0.29) is 11.3 Å². The maximum absolute atomic E-state index is 12.4. The van der Waals surface area contributed by atoms with E-state index in [0.29, 0.717) is 5.75 Å². The van der Waals surface area contributed by atoms with Crippen molar-refractivity contribution >= 4 is 5.91 Å². The fourth-order valence-electron chi connectivity index (χ4n) is 1.56. The van der Waals surface area contributed by atoms with Crippen LogP contribution in [0.15, 0.2) is 48.5 Å². The monoisotopic (exact) mass is 281 g/mol. The average Bonchev–Trinajstić information content (AvgIpc) is 2.38. The molecule has 0 saturated heterocycles. The predicted molar refractivity (Wildman–Crippen MR) is 66.5 cm³/mol. The standard InChI is InChI=1S/C14H10F3NO2/c15-14(16,17)10-4-6-11(7-5-10)20-12-3-1-2-9(8-12)13(18)19/h1-8H,(H2,18,19). The van der Waals surface area contributed by atoms with Crippen molar-refractivity contribution in [1.29, 1.82) is 0 Å². The van der Waals surface area contributed by atoms with E-state index < -0.39 is 17.6 Å². The molecule has 2 rings (SSSR count). The molecule has 0 bridgehead atoms. The third kappa shape index (κ3) is 3.28. The minimum Gasteiger partial charge on any atom is -0.457 e. The summed E-state index contributed by atoms with van der Waals surface area (Å²) in [6.45, 7) is 0. The summed E-state index contributed by atoms with van der Waals surface area (Å²) in [5.74, 6) is -0.0523. The van der Waals surface area contributed by atoms with Gasteiger partial charge in [0.05, 0.1) is 5.56 Å². The first-order valence-corrected chi connectivity index (χ1v) is 5.61. The van der Waals surface area contributed by atoms with E-state index in [4.69, 9.17) is 10.5 Å². The quantitative estimate of drug-likeness (QED) is 0.934. The van der Waals surface area contributed by atoms with Crippen molar-refractivity contribution in [3.63, 3.8) is 0 Å². The fourth-order valence-corrected chi connectivity index (χ4v) is 1.56. The van der Waals surface area contributed by atoms with Crippen molar-refractivity contribution in [3.05, 3.63) is 59.7 Å². The number of hydrogen-bond donors (Lipinski definition) is 1.